The zero-order valence-corrected chi connectivity index (χ0v) is 9.92. The highest BCUT2D eigenvalue weighted by atomic mass is 79.9. The summed E-state index contributed by atoms with van der Waals surface area (Å²) in [7, 11) is 0. The topological polar surface area (TPSA) is 59.1 Å². The van der Waals surface area contributed by atoms with Gasteiger partial charge < -0.3 is 10.8 Å². The normalized spacial score (nSPS) is 27.6. The number of pyridine rings is 1. The minimum Gasteiger partial charge on any atom is -0.393 e. The van der Waals surface area contributed by atoms with E-state index >= 15 is 0 Å². The molecule has 0 radical (unpaired) electrons. The maximum Gasteiger partial charge on any atom is 0.218 e. The van der Waals surface area contributed by atoms with Crippen LogP contribution in [0.15, 0.2) is 16.7 Å². The molecule has 0 amide bonds. The molecule has 3 atom stereocenters. The summed E-state index contributed by atoms with van der Waals surface area (Å²) in [5, 5.41) is 9.31. The summed E-state index contributed by atoms with van der Waals surface area (Å²) in [4.78, 5) is 3.49. The van der Waals surface area contributed by atoms with Crippen molar-refractivity contribution in [2.75, 3.05) is 6.67 Å². The SMILES string of the molecule is N[C@](CF)(c1cc(Br)cnc1F)[C@H]1CC1O. The van der Waals surface area contributed by atoms with E-state index < -0.39 is 30.2 Å². The minimum atomic E-state index is -1.49. The fourth-order valence-electron chi connectivity index (χ4n) is 1.86. The number of hydrogen-bond acceptors (Lipinski definition) is 3. The molecule has 1 aromatic rings. The Kier molecular flexibility index (Phi) is 2.98. The van der Waals surface area contributed by atoms with Gasteiger partial charge in [0.15, 0.2) is 0 Å². The van der Waals surface area contributed by atoms with Crippen LogP contribution in [-0.4, -0.2) is 22.9 Å². The lowest BCUT2D eigenvalue weighted by Gasteiger charge is -2.26. The lowest BCUT2D eigenvalue weighted by molar-refractivity contribution is 0.194. The van der Waals surface area contributed by atoms with Crippen LogP contribution < -0.4 is 5.73 Å². The molecule has 1 fully saturated rings. The van der Waals surface area contributed by atoms with Crippen LogP contribution in [0.5, 0.6) is 0 Å². The Hall–Kier alpha value is -0.590. The highest BCUT2D eigenvalue weighted by Gasteiger charge is 2.52. The molecule has 0 bridgehead atoms. The summed E-state index contributed by atoms with van der Waals surface area (Å²) >= 11 is 3.13. The highest BCUT2D eigenvalue weighted by Crippen LogP contribution is 2.45. The van der Waals surface area contributed by atoms with Crippen LogP contribution >= 0.6 is 15.9 Å². The maximum absolute atomic E-state index is 13.5. The molecule has 0 aliphatic heterocycles. The van der Waals surface area contributed by atoms with Gasteiger partial charge >= 0.3 is 0 Å². The zero-order valence-electron chi connectivity index (χ0n) is 8.33. The second-order valence-electron chi connectivity index (χ2n) is 4.08. The second kappa shape index (κ2) is 4.01. The molecule has 0 spiro atoms. The molecule has 3 nitrogen and oxygen atoms in total. The van der Waals surface area contributed by atoms with E-state index in [-0.39, 0.29) is 5.56 Å². The molecule has 3 N–H and O–H groups in total. The van der Waals surface area contributed by atoms with Crippen molar-refractivity contribution in [2.45, 2.75) is 18.1 Å². The third-order valence-corrected chi connectivity index (χ3v) is 3.38. The quantitative estimate of drug-likeness (QED) is 0.830. The number of aliphatic hydroxyl groups is 1. The van der Waals surface area contributed by atoms with E-state index in [9.17, 15) is 13.9 Å². The van der Waals surface area contributed by atoms with E-state index in [2.05, 4.69) is 20.9 Å². The predicted octanol–water partition coefficient (Wildman–Crippen LogP) is 1.49. The van der Waals surface area contributed by atoms with Crippen LogP contribution in [0.4, 0.5) is 8.78 Å². The van der Waals surface area contributed by atoms with Crippen LogP contribution in [0.1, 0.15) is 12.0 Å². The number of rotatable bonds is 3. The minimum absolute atomic E-state index is 0.00549. The van der Waals surface area contributed by atoms with Gasteiger partial charge in [0.1, 0.15) is 6.67 Å². The molecule has 1 saturated carbocycles. The Morgan fingerprint density at radius 3 is 2.81 bits per heavy atom. The molecular formula is C10H11BrF2N2O. The first-order valence-corrected chi connectivity index (χ1v) is 5.62. The van der Waals surface area contributed by atoms with Crippen molar-refractivity contribution in [3.05, 3.63) is 28.2 Å². The summed E-state index contributed by atoms with van der Waals surface area (Å²) in [6.45, 7) is -0.927. The molecule has 6 heteroatoms. The van der Waals surface area contributed by atoms with Crippen molar-refractivity contribution in [3.63, 3.8) is 0 Å². The third kappa shape index (κ3) is 1.85. The Morgan fingerprint density at radius 1 is 1.69 bits per heavy atom. The molecule has 1 heterocycles. The molecule has 1 aromatic heterocycles. The van der Waals surface area contributed by atoms with Gasteiger partial charge in [-0.3, -0.25) is 0 Å². The molecule has 2 rings (SSSR count). The average Bonchev–Trinajstić information content (AvgIpc) is 2.99. The standard InChI is InChI=1S/C10H11BrF2N2O/c11-5-1-7(9(13)15-3-5)10(14,4-12)6-2-8(6)16/h1,3,6,8,16H,2,4,14H2/t6-,8?,10-/m0/s1. The van der Waals surface area contributed by atoms with Gasteiger partial charge in [0.2, 0.25) is 5.95 Å². The van der Waals surface area contributed by atoms with Crippen molar-refractivity contribution >= 4 is 15.9 Å². The van der Waals surface area contributed by atoms with Crippen LogP contribution in [0.3, 0.4) is 0 Å². The van der Waals surface area contributed by atoms with E-state index in [1.54, 1.807) is 0 Å². The third-order valence-electron chi connectivity index (χ3n) is 2.95. The van der Waals surface area contributed by atoms with E-state index in [0.29, 0.717) is 10.9 Å². The van der Waals surface area contributed by atoms with E-state index in [0.717, 1.165) is 0 Å². The molecule has 0 saturated heterocycles. The molecular weight excluding hydrogens is 282 g/mol. The van der Waals surface area contributed by atoms with Crippen molar-refractivity contribution < 1.29 is 13.9 Å². The van der Waals surface area contributed by atoms with Crippen LogP contribution in [0.25, 0.3) is 0 Å². The van der Waals surface area contributed by atoms with Gasteiger partial charge in [-0.05, 0) is 28.4 Å². The zero-order chi connectivity index (χ0) is 11.9. The maximum atomic E-state index is 13.5. The fourth-order valence-corrected chi connectivity index (χ4v) is 2.19. The number of hydrogen-bond donors (Lipinski definition) is 2. The summed E-state index contributed by atoms with van der Waals surface area (Å²) in [5.74, 6) is -1.23. The average molecular weight is 293 g/mol. The molecule has 0 aromatic carbocycles. The molecule has 1 unspecified atom stereocenters. The van der Waals surface area contributed by atoms with Gasteiger partial charge in [-0.15, -0.1) is 0 Å². The lowest BCUT2D eigenvalue weighted by atomic mass is 9.88. The molecule has 1 aliphatic carbocycles. The number of nitrogens with zero attached hydrogens (tertiary/aromatic N) is 1. The number of aromatic nitrogens is 1. The van der Waals surface area contributed by atoms with Gasteiger partial charge in [-0.25, -0.2) is 9.37 Å². The van der Waals surface area contributed by atoms with E-state index in [1.807, 2.05) is 0 Å². The van der Waals surface area contributed by atoms with Gasteiger partial charge in [0.05, 0.1) is 11.6 Å². The first kappa shape index (κ1) is 11.9. The van der Waals surface area contributed by atoms with Crippen molar-refractivity contribution in [2.24, 2.45) is 11.7 Å². The summed E-state index contributed by atoms with van der Waals surface area (Å²) < 4.78 is 27.1. The van der Waals surface area contributed by atoms with Crippen LogP contribution in [0, 0.1) is 11.9 Å². The van der Waals surface area contributed by atoms with Gasteiger partial charge in [0.25, 0.3) is 0 Å². The van der Waals surface area contributed by atoms with E-state index in [1.165, 1.54) is 12.3 Å². The Bertz CT molecular complexity index is 418. The first-order valence-electron chi connectivity index (χ1n) is 4.83. The number of halogens is 3. The van der Waals surface area contributed by atoms with Crippen molar-refractivity contribution in [1.29, 1.82) is 0 Å². The Labute approximate surface area is 99.8 Å². The van der Waals surface area contributed by atoms with Crippen molar-refractivity contribution in [3.8, 4) is 0 Å². The first-order chi connectivity index (χ1) is 7.49. The predicted molar refractivity (Wildman–Crippen MR) is 57.8 cm³/mol. The number of alkyl halides is 1. The summed E-state index contributed by atoms with van der Waals surface area (Å²) in [6, 6.07) is 1.41. The van der Waals surface area contributed by atoms with Crippen LogP contribution in [0.2, 0.25) is 0 Å². The van der Waals surface area contributed by atoms with Gasteiger partial charge in [-0.1, -0.05) is 0 Å². The molecule has 1 aliphatic rings. The number of nitrogens with two attached hydrogens (primary N) is 1. The fraction of sp³-hybridized carbons (Fsp3) is 0.500. The highest BCUT2D eigenvalue weighted by molar-refractivity contribution is 9.10. The van der Waals surface area contributed by atoms with Gasteiger partial charge in [0, 0.05) is 22.2 Å². The Balaban J connectivity index is 2.43. The molecule has 16 heavy (non-hydrogen) atoms. The largest absolute Gasteiger partial charge is 0.393 e. The van der Waals surface area contributed by atoms with E-state index in [4.69, 9.17) is 5.73 Å². The summed E-state index contributed by atoms with van der Waals surface area (Å²) in [5.41, 5.74) is 4.37. The van der Waals surface area contributed by atoms with Crippen LogP contribution in [-0.2, 0) is 5.54 Å². The van der Waals surface area contributed by atoms with Gasteiger partial charge in [-0.2, -0.15) is 4.39 Å². The summed E-state index contributed by atoms with van der Waals surface area (Å²) in [6.07, 6.45) is 1.02. The Morgan fingerprint density at radius 2 is 2.31 bits per heavy atom. The molecule has 88 valence electrons. The number of aliphatic hydroxyl groups excluding tert-OH is 1. The lowest BCUT2D eigenvalue weighted by Crippen LogP contribution is -2.43. The monoisotopic (exact) mass is 292 g/mol. The smallest absolute Gasteiger partial charge is 0.218 e. The second-order valence-corrected chi connectivity index (χ2v) is 4.99. The van der Waals surface area contributed by atoms with Crippen molar-refractivity contribution in [1.82, 2.24) is 4.98 Å².